The predicted molar refractivity (Wildman–Crippen MR) is 92.3 cm³/mol. The number of thiazole rings is 1. The van der Waals surface area contributed by atoms with Gasteiger partial charge in [-0.3, -0.25) is 4.40 Å². The van der Waals surface area contributed by atoms with Crippen molar-refractivity contribution in [3.63, 3.8) is 0 Å². The van der Waals surface area contributed by atoms with Crippen LogP contribution in [0.5, 0.6) is 11.6 Å². The van der Waals surface area contributed by atoms with Crippen LogP contribution in [0.3, 0.4) is 0 Å². The van der Waals surface area contributed by atoms with Gasteiger partial charge in [0.05, 0.1) is 10.2 Å². The van der Waals surface area contributed by atoms with Gasteiger partial charge in [-0.1, -0.05) is 15.9 Å². The van der Waals surface area contributed by atoms with E-state index >= 15 is 0 Å². The van der Waals surface area contributed by atoms with Crippen LogP contribution in [-0.4, -0.2) is 15.4 Å². The van der Waals surface area contributed by atoms with E-state index in [2.05, 4.69) is 36.8 Å². The van der Waals surface area contributed by atoms with Gasteiger partial charge in [-0.15, -0.1) is 11.3 Å². The molecular weight excluding hydrogens is 418 g/mol. The number of aromatic nitrogens is 2. The monoisotopic (exact) mass is 429 g/mol. The maximum absolute atomic E-state index is 5.99. The fraction of sp³-hybridized carbons (Fsp3) is 0.214. The van der Waals surface area contributed by atoms with E-state index in [9.17, 15) is 0 Å². The van der Waals surface area contributed by atoms with E-state index in [1.54, 1.807) is 11.3 Å². The van der Waals surface area contributed by atoms with Crippen molar-refractivity contribution in [2.45, 2.75) is 19.4 Å². The summed E-state index contributed by atoms with van der Waals surface area (Å²) in [6.45, 7) is 1.98. The number of imidazole rings is 1. The van der Waals surface area contributed by atoms with E-state index in [1.165, 1.54) is 0 Å². The number of ether oxygens (including phenoxy) is 1. The third kappa shape index (κ3) is 3.15. The quantitative estimate of drug-likeness (QED) is 0.657. The number of hydrogen-bond donors (Lipinski definition) is 1. The first kappa shape index (κ1) is 15.0. The van der Waals surface area contributed by atoms with Crippen molar-refractivity contribution in [3.05, 3.63) is 44.4 Å². The molecule has 0 spiro atoms. The second kappa shape index (κ2) is 6.08. The van der Waals surface area contributed by atoms with Crippen molar-refractivity contribution >= 4 is 48.2 Å². The molecule has 1 unspecified atom stereocenters. The topological polar surface area (TPSA) is 52.5 Å². The van der Waals surface area contributed by atoms with Crippen molar-refractivity contribution in [1.29, 1.82) is 0 Å². The van der Waals surface area contributed by atoms with Crippen LogP contribution in [0.1, 0.15) is 12.6 Å². The van der Waals surface area contributed by atoms with Gasteiger partial charge in [0, 0.05) is 28.5 Å². The highest BCUT2D eigenvalue weighted by Crippen LogP contribution is 2.34. The molecule has 0 saturated heterocycles. The molecule has 1 aromatic carbocycles. The van der Waals surface area contributed by atoms with Crippen molar-refractivity contribution in [2.75, 3.05) is 0 Å². The molecule has 3 aromatic rings. The Bertz CT molecular complexity index is 782. The molecule has 2 N–H and O–H groups in total. The summed E-state index contributed by atoms with van der Waals surface area (Å²) in [5.74, 6) is 1.34. The Balaban J connectivity index is 2.01. The van der Waals surface area contributed by atoms with Crippen LogP contribution in [0, 0.1) is 0 Å². The van der Waals surface area contributed by atoms with Crippen molar-refractivity contribution < 1.29 is 4.74 Å². The average Bonchev–Trinajstić information content (AvgIpc) is 2.96. The Labute approximate surface area is 143 Å². The Morgan fingerprint density at radius 1 is 1.43 bits per heavy atom. The fourth-order valence-electron chi connectivity index (χ4n) is 2.05. The molecule has 4 nitrogen and oxygen atoms in total. The van der Waals surface area contributed by atoms with E-state index in [0.717, 1.165) is 25.3 Å². The molecule has 0 aliphatic heterocycles. The minimum Gasteiger partial charge on any atom is -0.436 e. The number of nitrogens with zero attached hydrogens (tertiary/aromatic N) is 2. The zero-order valence-electron chi connectivity index (χ0n) is 11.2. The zero-order valence-corrected chi connectivity index (χ0v) is 15.2. The van der Waals surface area contributed by atoms with Gasteiger partial charge >= 0.3 is 0 Å². The molecule has 0 aliphatic rings. The molecule has 0 radical (unpaired) electrons. The maximum Gasteiger partial charge on any atom is 0.242 e. The lowest BCUT2D eigenvalue weighted by Crippen LogP contribution is -2.19. The molecule has 110 valence electrons. The Morgan fingerprint density at radius 3 is 2.95 bits per heavy atom. The molecular formula is C14H13Br2N3OS. The Morgan fingerprint density at radius 2 is 2.24 bits per heavy atom. The largest absolute Gasteiger partial charge is 0.436 e. The van der Waals surface area contributed by atoms with E-state index in [4.69, 9.17) is 10.5 Å². The molecule has 21 heavy (non-hydrogen) atoms. The molecule has 0 aliphatic carbocycles. The van der Waals surface area contributed by atoms with Crippen LogP contribution in [0.25, 0.3) is 4.96 Å². The molecule has 2 aromatic heterocycles. The number of nitrogens with two attached hydrogens (primary N) is 1. The van der Waals surface area contributed by atoms with Crippen LogP contribution in [-0.2, 0) is 6.42 Å². The van der Waals surface area contributed by atoms with E-state index in [0.29, 0.717) is 12.3 Å². The highest BCUT2D eigenvalue weighted by molar-refractivity contribution is 9.11. The normalized spacial score (nSPS) is 12.8. The Kier molecular flexibility index (Phi) is 4.35. The SMILES string of the molecule is CC(N)Cc1c(Oc2ccc(Br)cc2Br)nc2sccn12. The number of benzene rings is 1. The van der Waals surface area contributed by atoms with E-state index in [-0.39, 0.29) is 6.04 Å². The molecule has 3 rings (SSSR count). The summed E-state index contributed by atoms with van der Waals surface area (Å²) >= 11 is 8.51. The first-order valence-corrected chi connectivity index (χ1v) is 8.84. The second-order valence-corrected chi connectivity index (χ2v) is 7.42. The number of rotatable bonds is 4. The van der Waals surface area contributed by atoms with Gasteiger partial charge in [0.25, 0.3) is 0 Å². The van der Waals surface area contributed by atoms with Gasteiger partial charge in [0.15, 0.2) is 4.96 Å². The molecule has 7 heteroatoms. The summed E-state index contributed by atoms with van der Waals surface area (Å²) in [4.78, 5) is 5.47. The third-order valence-electron chi connectivity index (χ3n) is 2.94. The van der Waals surface area contributed by atoms with E-state index < -0.39 is 0 Å². The van der Waals surface area contributed by atoms with Gasteiger partial charge in [-0.05, 0) is 41.1 Å². The lowest BCUT2D eigenvalue weighted by atomic mass is 10.2. The lowest BCUT2D eigenvalue weighted by Gasteiger charge is -2.09. The first-order valence-electron chi connectivity index (χ1n) is 6.37. The third-order valence-corrected chi connectivity index (χ3v) is 4.81. The van der Waals surface area contributed by atoms with Crippen molar-refractivity contribution in [1.82, 2.24) is 9.38 Å². The standard InChI is InChI=1S/C14H13Br2N3OS/c1-8(17)6-11-13(18-14-19(11)4-5-21-14)20-12-3-2-9(15)7-10(12)16/h2-5,7-8H,6,17H2,1H3. The first-order chi connectivity index (χ1) is 10.0. The summed E-state index contributed by atoms with van der Waals surface area (Å²) in [5, 5.41) is 2.01. The fourth-order valence-corrected chi connectivity index (χ4v) is 3.90. The van der Waals surface area contributed by atoms with Crippen LogP contribution in [0.15, 0.2) is 38.7 Å². The Hall–Kier alpha value is -0.890. The molecule has 0 bridgehead atoms. The highest BCUT2D eigenvalue weighted by Gasteiger charge is 2.17. The highest BCUT2D eigenvalue weighted by atomic mass is 79.9. The van der Waals surface area contributed by atoms with Crippen LogP contribution >= 0.6 is 43.2 Å². The number of fused-ring (bicyclic) bond motifs is 1. The second-order valence-electron chi connectivity index (χ2n) is 4.78. The van der Waals surface area contributed by atoms with Crippen LogP contribution in [0.4, 0.5) is 0 Å². The minimum atomic E-state index is 0.0421. The van der Waals surface area contributed by atoms with Crippen molar-refractivity contribution in [3.8, 4) is 11.6 Å². The summed E-state index contributed by atoms with van der Waals surface area (Å²) in [6, 6.07) is 5.82. The summed E-state index contributed by atoms with van der Waals surface area (Å²) in [5.41, 5.74) is 6.94. The lowest BCUT2D eigenvalue weighted by molar-refractivity contribution is 0.454. The molecule has 1 atom stereocenters. The maximum atomic E-state index is 5.99. The molecule has 0 amide bonds. The average molecular weight is 431 g/mol. The number of halogens is 2. The molecule has 0 fully saturated rings. The summed E-state index contributed by atoms with van der Waals surface area (Å²) in [6.07, 6.45) is 2.70. The summed E-state index contributed by atoms with van der Waals surface area (Å²) < 4.78 is 9.89. The molecule has 0 saturated carbocycles. The summed E-state index contributed by atoms with van der Waals surface area (Å²) in [7, 11) is 0. The van der Waals surface area contributed by atoms with Gasteiger partial charge < -0.3 is 10.5 Å². The van der Waals surface area contributed by atoms with Crippen LogP contribution < -0.4 is 10.5 Å². The zero-order chi connectivity index (χ0) is 15.0. The van der Waals surface area contributed by atoms with Gasteiger partial charge in [0.2, 0.25) is 5.88 Å². The minimum absolute atomic E-state index is 0.0421. The van der Waals surface area contributed by atoms with Gasteiger partial charge in [-0.2, -0.15) is 4.98 Å². The smallest absolute Gasteiger partial charge is 0.242 e. The van der Waals surface area contributed by atoms with E-state index in [1.807, 2.05) is 41.1 Å². The van der Waals surface area contributed by atoms with Crippen LogP contribution in [0.2, 0.25) is 0 Å². The molecule has 2 heterocycles. The van der Waals surface area contributed by atoms with Gasteiger partial charge in [-0.25, -0.2) is 0 Å². The number of hydrogen-bond acceptors (Lipinski definition) is 4. The van der Waals surface area contributed by atoms with Crippen molar-refractivity contribution in [2.24, 2.45) is 5.73 Å². The van der Waals surface area contributed by atoms with Gasteiger partial charge in [0.1, 0.15) is 5.75 Å². The predicted octanol–water partition coefficient (Wildman–Crippen LogP) is 4.60.